The number of para-hydroxylation sites is 4. The van der Waals surface area contributed by atoms with Crippen molar-refractivity contribution in [3.8, 4) is 0 Å². The molecule has 2 aromatic carbocycles. The predicted molar refractivity (Wildman–Crippen MR) is 97.6 cm³/mol. The van der Waals surface area contributed by atoms with Crippen LogP contribution >= 0.6 is 0 Å². The van der Waals surface area contributed by atoms with E-state index >= 15 is 0 Å². The molecule has 126 valence electrons. The van der Waals surface area contributed by atoms with Crippen LogP contribution in [0.1, 0.15) is 30.4 Å². The maximum Gasteiger partial charge on any atom is 0.113 e. The van der Waals surface area contributed by atoms with Crippen LogP contribution in [0.3, 0.4) is 0 Å². The monoisotopic (exact) mass is 332 g/mol. The van der Waals surface area contributed by atoms with Crippen LogP contribution in [0.5, 0.6) is 0 Å². The van der Waals surface area contributed by atoms with E-state index in [4.69, 9.17) is 14.7 Å². The van der Waals surface area contributed by atoms with Crippen LogP contribution in [0.25, 0.3) is 22.1 Å². The third-order valence-electron chi connectivity index (χ3n) is 5.02. The topological polar surface area (TPSA) is 66.6 Å². The largest absolute Gasteiger partial charge is 0.377 e. The van der Waals surface area contributed by atoms with Crippen LogP contribution in [0.2, 0.25) is 0 Å². The number of aromatic amines is 2. The Hall–Kier alpha value is -2.66. The molecule has 0 radical (unpaired) electrons. The Kier molecular flexibility index (Phi) is 3.52. The summed E-state index contributed by atoms with van der Waals surface area (Å²) in [5.74, 6) is 2.16. The van der Waals surface area contributed by atoms with E-state index in [1.54, 1.807) is 0 Å². The highest BCUT2D eigenvalue weighted by Crippen LogP contribution is 2.31. The van der Waals surface area contributed by atoms with Gasteiger partial charge >= 0.3 is 0 Å². The fraction of sp³-hybridized carbons (Fsp3) is 0.300. The third-order valence-corrected chi connectivity index (χ3v) is 5.02. The lowest BCUT2D eigenvalue weighted by Gasteiger charge is -2.20. The number of ether oxygens (including phenoxy) is 1. The predicted octanol–water partition coefficient (Wildman–Crippen LogP) is 3.94. The van der Waals surface area contributed by atoms with Gasteiger partial charge in [0, 0.05) is 13.0 Å². The molecule has 0 unspecified atom stereocenters. The summed E-state index contributed by atoms with van der Waals surface area (Å²) in [6.07, 6.45) is 3.16. The Morgan fingerprint density at radius 1 is 0.960 bits per heavy atom. The van der Waals surface area contributed by atoms with E-state index in [-0.39, 0.29) is 12.0 Å². The fourth-order valence-corrected chi connectivity index (χ4v) is 3.78. The lowest BCUT2D eigenvalue weighted by Crippen LogP contribution is -2.21. The van der Waals surface area contributed by atoms with E-state index in [0.717, 1.165) is 59.6 Å². The van der Waals surface area contributed by atoms with Gasteiger partial charge < -0.3 is 14.7 Å². The number of hydrogen-bond acceptors (Lipinski definition) is 3. The minimum atomic E-state index is 0.176. The average molecular weight is 332 g/mol. The average Bonchev–Trinajstić information content (AvgIpc) is 3.37. The molecule has 2 N–H and O–H groups in total. The molecule has 25 heavy (non-hydrogen) atoms. The number of H-pyrrole nitrogens is 2. The molecule has 5 rings (SSSR count). The quantitative estimate of drug-likeness (QED) is 0.595. The van der Waals surface area contributed by atoms with Gasteiger partial charge in [0.2, 0.25) is 0 Å². The summed E-state index contributed by atoms with van der Waals surface area (Å²) < 4.78 is 6.01. The van der Waals surface area contributed by atoms with Gasteiger partial charge in [0.05, 0.1) is 34.1 Å². The second kappa shape index (κ2) is 6.01. The van der Waals surface area contributed by atoms with Crippen molar-refractivity contribution in [2.24, 2.45) is 0 Å². The first-order valence-corrected chi connectivity index (χ1v) is 8.87. The number of rotatable bonds is 4. The molecule has 1 aliphatic rings. The van der Waals surface area contributed by atoms with Crippen molar-refractivity contribution in [3.05, 3.63) is 60.2 Å². The first-order chi connectivity index (χ1) is 12.4. The Morgan fingerprint density at radius 2 is 1.68 bits per heavy atom. The third kappa shape index (κ3) is 2.70. The highest BCUT2D eigenvalue weighted by atomic mass is 16.5. The van der Waals surface area contributed by atoms with E-state index in [1.807, 2.05) is 36.4 Å². The fourth-order valence-electron chi connectivity index (χ4n) is 3.78. The SMILES string of the molecule is c1ccc2[nH]c(C[C@@H](c3nc4ccccc4[nH]3)[C@H]3CCCO3)nc2c1. The van der Waals surface area contributed by atoms with Gasteiger partial charge in [0.15, 0.2) is 0 Å². The number of imidazole rings is 2. The lowest BCUT2D eigenvalue weighted by atomic mass is 9.95. The van der Waals surface area contributed by atoms with Gasteiger partial charge in [-0.2, -0.15) is 0 Å². The molecule has 1 saturated heterocycles. The van der Waals surface area contributed by atoms with Crippen molar-refractivity contribution >= 4 is 22.1 Å². The van der Waals surface area contributed by atoms with E-state index < -0.39 is 0 Å². The second-order valence-corrected chi connectivity index (χ2v) is 6.70. The van der Waals surface area contributed by atoms with Crippen LogP contribution in [0, 0.1) is 0 Å². The zero-order valence-electron chi connectivity index (χ0n) is 13.9. The van der Waals surface area contributed by atoms with Gasteiger partial charge in [-0.25, -0.2) is 9.97 Å². The highest BCUT2D eigenvalue weighted by molar-refractivity contribution is 5.75. The summed E-state index contributed by atoms with van der Waals surface area (Å²) >= 11 is 0. The van der Waals surface area contributed by atoms with Crippen molar-refractivity contribution in [1.29, 1.82) is 0 Å². The molecular formula is C20H20N4O. The number of nitrogens with one attached hydrogen (secondary N) is 2. The molecule has 5 heteroatoms. The molecule has 0 amide bonds. The molecule has 1 aliphatic heterocycles. The van der Waals surface area contributed by atoms with Crippen molar-refractivity contribution in [3.63, 3.8) is 0 Å². The molecule has 3 heterocycles. The van der Waals surface area contributed by atoms with Gasteiger partial charge in [0.25, 0.3) is 0 Å². The van der Waals surface area contributed by atoms with Gasteiger partial charge in [-0.05, 0) is 37.1 Å². The van der Waals surface area contributed by atoms with Crippen LogP contribution in [-0.2, 0) is 11.2 Å². The Morgan fingerprint density at radius 3 is 2.36 bits per heavy atom. The van der Waals surface area contributed by atoms with E-state index in [1.165, 1.54) is 0 Å². The minimum absolute atomic E-state index is 0.176. The highest BCUT2D eigenvalue weighted by Gasteiger charge is 2.30. The van der Waals surface area contributed by atoms with Crippen molar-refractivity contribution < 1.29 is 4.74 Å². The summed E-state index contributed by atoms with van der Waals surface area (Å²) in [5.41, 5.74) is 4.16. The van der Waals surface area contributed by atoms with Crippen molar-refractivity contribution in [1.82, 2.24) is 19.9 Å². The number of hydrogen-bond donors (Lipinski definition) is 2. The molecule has 5 nitrogen and oxygen atoms in total. The summed E-state index contributed by atoms with van der Waals surface area (Å²) in [5, 5.41) is 0. The van der Waals surface area contributed by atoms with Gasteiger partial charge in [0.1, 0.15) is 11.6 Å². The van der Waals surface area contributed by atoms with Crippen LogP contribution in [-0.4, -0.2) is 32.6 Å². The smallest absolute Gasteiger partial charge is 0.113 e. The molecule has 2 atom stereocenters. The molecule has 0 aliphatic carbocycles. The van der Waals surface area contributed by atoms with Crippen LogP contribution in [0.15, 0.2) is 48.5 Å². The minimum Gasteiger partial charge on any atom is -0.377 e. The van der Waals surface area contributed by atoms with E-state index in [2.05, 4.69) is 22.1 Å². The maximum atomic E-state index is 6.01. The molecular weight excluding hydrogens is 312 g/mol. The Balaban J connectivity index is 1.53. The molecule has 0 spiro atoms. The zero-order chi connectivity index (χ0) is 16.6. The lowest BCUT2D eigenvalue weighted by molar-refractivity contribution is 0.0858. The van der Waals surface area contributed by atoms with Gasteiger partial charge in [-0.15, -0.1) is 0 Å². The van der Waals surface area contributed by atoms with Crippen molar-refractivity contribution in [2.45, 2.75) is 31.3 Å². The summed E-state index contributed by atoms with van der Waals surface area (Å²) in [4.78, 5) is 16.5. The normalized spacial score (nSPS) is 19.0. The summed E-state index contributed by atoms with van der Waals surface area (Å²) in [6.45, 7) is 0.835. The van der Waals surface area contributed by atoms with E-state index in [9.17, 15) is 0 Å². The molecule has 0 bridgehead atoms. The molecule has 4 aromatic rings. The second-order valence-electron chi connectivity index (χ2n) is 6.70. The number of benzene rings is 2. The zero-order valence-corrected chi connectivity index (χ0v) is 13.9. The van der Waals surface area contributed by atoms with Crippen molar-refractivity contribution in [2.75, 3.05) is 6.61 Å². The van der Waals surface area contributed by atoms with Crippen LogP contribution < -0.4 is 0 Å². The van der Waals surface area contributed by atoms with E-state index in [0.29, 0.717) is 0 Å². The van der Waals surface area contributed by atoms with Gasteiger partial charge in [-0.1, -0.05) is 24.3 Å². The Labute approximate surface area is 145 Å². The standard InChI is InChI=1S/C20H20N4O/c1-2-7-15-14(6-1)21-19(22-15)12-13(18-10-5-11-25-18)20-23-16-8-3-4-9-17(16)24-20/h1-4,6-9,13,18H,5,10-12H2,(H,21,22)(H,23,24)/t13-,18-/m1/s1. The maximum absolute atomic E-state index is 6.01. The molecule has 1 fully saturated rings. The number of aromatic nitrogens is 4. The molecule has 0 saturated carbocycles. The number of nitrogens with zero attached hydrogens (tertiary/aromatic N) is 2. The number of fused-ring (bicyclic) bond motifs is 2. The van der Waals surface area contributed by atoms with Gasteiger partial charge in [-0.3, -0.25) is 0 Å². The first-order valence-electron chi connectivity index (χ1n) is 8.87. The van der Waals surface area contributed by atoms with Crippen LogP contribution in [0.4, 0.5) is 0 Å². The summed E-state index contributed by atoms with van der Waals surface area (Å²) in [7, 11) is 0. The summed E-state index contributed by atoms with van der Waals surface area (Å²) in [6, 6.07) is 16.3. The molecule has 2 aromatic heterocycles. The Bertz CT molecular complexity index is 947. The first kappa shape index (κ1) is 14.7.